The highest BCUT2D eigenvalue weighted by molar-refractivity contribution is 6.04. The van der Waals surface area contributed by atoms with Crippen molar-refractivity contribution in [3.8, 4) is 0 Å². The fraction of sp³-hybridized carbons (Fsp3) is 0.333. The number of hydrogen-bond acceptors (Lipinski definition) is 3. The first-order valence-corrected chi connectivity index (χ1v) is 10.2. The van der Waals surface area contributed by atoms with Gasteiger partial charge in [-0.25, -0.2) is 4.98 Å². The van der Waals surface area contributed by atoms with Gasteiger partial charge in [0.1, 0.15) is 5.52 Å². The van der Waals surface area contributed by atoms with Crippen LogP contribution in [0.15, 0.2) is 49.3 Å². The van der Waals surface area contributed by atoms with Crippen molar-refractivity contribution in [3.63, 3.8) is 0 Å². The molecule has 1 N–H and O–H groups in total. The van der Waals surface area contributed by atoms with Gasteiger partial charge in [-0.1, -0.05) is 30.3 Å². The van der Waals surface area contributed by atoms with Crippen molar-refractivity contribution in [2.24, 2.45) is 0 Å². The van der Waals surface area contributed by atoms with Gasteiger partial charge in [0.2, 0.25) is 0 Å². The summed E-state index contributed by atoms with van der Waals surface area (Å²) < 4.78 is 2.06. The van der Waals surface area contributed by atoms with Crippen molar-refractivity contribution in [1.29, 1.82) is 0 Å². The summed E-state index contributed by atoms with van der Waals surface area (Å²) in [5, 5.41) is 3.88. The van der Waals surface area contributed by atoms with Crippen LogP contribution in [0.3, 0.4) is 0 Å². The van der Waals surface area contributed by atoms with Gasteiger partial charge in [0.05, 0.1) is 17.5 Å². The fourth-order valence-corrected chi connectivity index (χ4v) is 5.00. The zero-order valence-corrected chi connectivity index (χ0v) is 17.0. The van der Waals surface area contributed by atoms with E-state index in [-0.39, 0.29) is 11.4 Å². The molecule has 0 atom stereocenters. The minimum absolute atomic E-state index is 0.00558. The average Bonchev–Trinajstić information content (AvgIpc) is 3.28. The Hall–Kier alpha value is -3.08. The number of aromatic nitrogens is 2. The van der Waals surface area contributed by atoms with E-state index < -0.39 is 0 Å². The number of fused-ring (bicyclic) bond motifs is 4. The van der Waals surface area contributed by atoms with Crippen LogP contribution in [0.25, 0.3) is 11.0 Å². The largest absolute Gasteiger partial charge is 0.377 e. The Labute approximate surface area is 171 Å². The van der Waals surface area contributed by atoms with Gasteiger partial charge in [-0.15, -0.1) is 6.58 Å². The normalized spacial score (nSPS) is 16.3. The number of hydrogen-bond donors (Lipinski definition) is 1. The summed E-state index contributed by atoms with van der Waals surface area (Å²) in [6.45, 7) is 4.53. The number of rotatable bonds is 3. The van der Waals surface area contributed by atoms with E-state index in [9.17, 15) is 4.79 Å². The molecule has 1 spiro atoms. The van der Waals surface area contributed by atoms with Gasteiger partial charge in [-0.3, -0.25) is 4.79 Å². The number of amides is 1. The Morgan fingerprint density at radius 3 is 2.69 bits per heavy atom. The number of carbonyl (C=O) groups excluding carboxylic acids is 1. The summed E-state index contributed by atoms with van der Waals surface area (Å²) in [7, 11) is 3.62. The number of allylic oxidation sites excluding steroid dienone is 1. The van der Waals surface area contributed by atoms with E-state index in [0.29, 0.717) is 6.54 Å². The number of benzene rings is 2. The molecule has 29 heavy (non-hydrogen) atoms. The summed E-state index contributed by atoms with van der Waals surface area (Å²) in [5.41, 5.74) is 7.71. The second-order valence-corrected chi connectivity index (χ2v) is 8.56. The predicted octanol–water partition coefficient (Wildman–Crippen LogP) is 3.82. The molecule has 0 saturated carbocycles. The SMILES string of the molecule is C=CCn1cnc2c3c(c(C(=O)N(C)C)cc21)CCC1(Cc2ccccc2C1)N3. The molecule has 1 aromatic heterocycles. The molecule has 2 heterocycles. The smallest absolute Gasteiger partial charge is 0.253 e. The molecular formula is C24H26N4O. The second-order valence-electron chi connectivity index (χ2n) is 8.56. The highest BCUT2D eigenvalue weighted by atomic mass is 16.2. The van der Waals surface area contributed by atoms with Crippen LogP contribution in [0, 0.1) is 0 Å². The molecule has 3 aromatic rings. The minimum atomic E-state index is 0.00558. The van der Waals surface area contributed by atoms with Crippen LogP contribution in [0.1, 0.15) is 33.5 Å². The fourth-order valence-electron chi connectivity index (χ4n) is 5.00. The molecule has 1 amide bonds. The van der Waals surface area contributed by atoms with E-state index in [1.807, 2.05) is 32.6 Å². The number of imidazole rings is 1. The highest BCUT2D eigenvalue weighted by Crippen LogP contribution is 2.44. The third-order valence-corrected chi connectivity index (χ3v) is 6.41. The first-order chi connectivity index (χ1) is 14.0. The van der Waals surface area contributed by atoms with Crippen LogP contribution in [0.4, 0.5) is 5.69 Å². The molecule has 0 radical (unpaired) electrons. The van der Waals surface area contributed by atoms with Crippen LogP contribution in [0.2, 0.25) is 0 Å². The van der Waals surface area contributed by atoms with E-state index in [0.717, 1.165) is 53.5 Å². The topological polar surface area (TPSA) is 50.2 Å². The second kappa shape index (κ2) is 6.48. The Morgan fingerprint density at radius 1 is 1.31 bits per heavy atom. The average molecular weight is 386 g/mol. The summed E-state index contributed by atoms with van der Waals surface area (Å²) in [6.07, 6.45) is 7.64. The third-order valence-electron chi connectivity index (χ3n) is 6.41. The molecule has 1 aliphatic carbocycles. The molecule has 0 bridgehead atoms. The standard InChI is InChI=1S/C24H26N4O/c1-4-11-28-15-25-22-20(28)12-19(23(29)27(2)3)18-9-10-24(26-21(18)22)13-16-7-5-6-8-17(16)14-24/h4-8,12,15,26H,1,9-11,13-14H2,2-3H3. The predicted molar refractivity (Wildman–Crippen MR) is 116 cm³/mol. The first kappa shape index (κ1) is 18.0. The Bertz CT molecular complexity index is 1120. The van der Waals surface area contributed by atoms with Crippen molar-refractivity contribution in [1.82, 2.24) is 14.5 Å². The maximum Gasteiger partial charge on any atom is 0.253 e. The van der Waals surface area contributed by atoms with E-state index in [1.54, 1.807) is 4.90 Å². The number of nitrogens with one attached hydrogen (secondary N) is 1. The van der Waals surface area contributed by atoms with Crippen molar-refractivity contribution >= 4 is 22.6 Å². The van der Waals surface area contributed by atoms with Gasteiger partial charge in [-0.2, -0.15) is 0 Å². The van der Waals surface area contributed by atoms with Crippen LogP contribution in [0.5, 0.6) is 0 Å². The Kier molecular flexibility index (Phi) is 4.02. The maximum atomic E-state index is 13.0. The molecule has 0 fully saturated rings. The maximum absolute atomic E-state index is 13.0. The monoisotopic (exact) mass is 386 g/mol. The molecular weight excluding hydrogens is 360 g/mol. The zero-order valence-electron chi connectivity index (χ0n) is 17.0. The van der Waals surface area contributed by atoms with Gasteiger partial charge >= 0.3 is 0 Å². The summed E-state index contributed by atoms with van der Waals surface area (Å²) in [5.74, 6) is 0.0435. The van der Waals surface area contributed by atoms with Crippen molar-refractivity contribution < 1.29 is 4.79 Å². The van der Waals surface area contributed by atoms with Crippen molar-refractivity contribution in [2.45, 2.75) is 37.8 Å². The molecule has 5 heteroatoms. The summed E-state index contributed by atoms with van der Waals surface area (Å²) >= 11 is 0. The van der Waals surface area contributed by atoms with Crippen molar-refractivity contribution in [3.05, 3.63) is 71.6 Å². The lowest BCUT2D eigenvalue weighted by Crippen LogP contribution is -2.43. The van der Waals surface area contributed by atoms with E-state index in [2.05, 4.69) is 40.7 Å². The van der Waals surface area contributed by atoms with Gasteiger partial charge in [-0.05, 0) is 48.4 Å². The summed E-state index contributed by atoms with van der Waals surface area (Å²) in [4.78, 5) is 19.4. The summed E-state index contributed by atoms with van der Waals surface area (Å²) in [6, 6.07) is 10.7. The molecule has 2 aliphatic rings. The quantitative estimate of drug-likeness (QED) is 0.696. The van der Waals surface area contributed by atoms with Gasteiger partial charge < -0.3 is 14.8 Å². The highest BCUT2D eigenvalue weighted by Gasteiger charge is 2.41. The molecule has 0 saturated heterocycles. The molecule has 5 rings (SSSR count). The Balaban J connectivity index is 1.66. The number of nitrogens with zero attached hydrogens (tertiary/aromatic N) is 3. The van der Waals surface area contributed by atoms with Crippen LogP contribution < -0.4 is 5.32 Å². The first-order valence-electron chi connectivity index (χ1n) is 10.2. The van der Waals surface area contributed by atoms with Gasteiger partial charge in [0, 0.05) is 31.7 Å². The lowest BCUT2D eigenvalue weighted by Gasteiger charge is -2.38. The number of carbonyl (C=O) groups is 1. The van der Waals surface area contributed by atoms with E-state index in [1.165, 1.54) is 11.1 Å². The Morgan fingerprint density at radius 2 is 2.03 bits per heavy atom. The van der Waals surface area contributed by atoms with E-state index >= 15 is 0 Å². The lowest BCUT2D eigenvalue weighted by atomic mass is 9.82. The molecule has 148 valence electrons. The molecule has 5 nitrogen and oxygen atoms in total. The van der Waals surface area contributed by atoms with Gasteiger partial charge in [0.15, 0.2) is 0 Å². The number of anilines is 1. The van der Waals surface area contributed by atoms with Crippen LogP contribution in [-0.2, 0) is 25.8 Å². The zero-order chi connectivity index (χ0) is 20.2. The molecule has 2 aromatic carbocycles. The van der Waals surface area contributed by atoms with E-state index in [4.69, 9.17) is 4.98 Å². The van der Waals surface area contributed by atoms with Crippen molar-refractivity contribution in [2.75, 3.05) is 19.4 Å². The third kappa shape index (κ3) is 2.76. The molecule has 0 unspecified atom stereocenters. The minimum Gasteiger partial charge on any atom is -0.377 e. The molecule has 1 aliphatic heterocycles. The van der Waals surface area contributed by atoms with Gasteiger partial charge in [0.25, 0.3) is 5.91 Å². The van der Waals surface area contributed by atoms with Crippen LogP contribution >= 0.6 is 0 Å². The lowest BCUT2D eigenvalue weighted by molar-refractivity contribution is 0.0826. The van der Waals surface area contributed by atoms with Crippen LogP contribution in [-0.4, -0.2) is 40.0 Å².